The second kappa shape index (κ2) is 6.94. The first-order valence-electron chi connectivity index (χ1n) is 8.13. The van der Waals surface area contributed by atoms with E-state index in [1.807, 2.05) is 0 Å². The number of hydrogen-bond donors (Lipinski definition) is 1. The summed E-state index contributed by atoms with van der Waals surface area (Å²) in [5.74, 6) is -1.39. The molecule has 0 spiro atoms. The molecular weight excluding hydrogens is 400 g/mol. The number of aromatic nitrogens is 2. The van der Waals surface area contributed by atoms with Gasteiger partial charge in [-0.1, -0.05) is 42.5 Å². The summed E-state index contributed by atoms with van der Waals surface area (Å²) in [6.07, 6.45) is -9.67. The van der Waals surface area contributed by atoms with Gasteiger partial charge in [-0.05, 0) is 17.2 Å². The Labute approximate surface area is 160 Å². The zero-order valence-corrected chi connectivity index (χ0v) is 14.8. The standard InChI is InChI=1S/C19H13F6N3O/c1-28-15(14(17(26)29)16(27-28)19(23,24)25)12-8-3-2-6-10(12)11-7-4-5-9-13(11)18(20,21)22/h2-9H,1H3,(H2,26,29). The normalized spacial score (nSPS) is 12.2. The van der Waals surface area contributed by atoms with E-state index in [0.717, 1.165) is 17.8 Å². The number of aryl methyl sites for hydroxylation is 1. The first-order valence-corrected chi connectivity index (χ1v) is 8.13. The molecule has 0 aliphatic heterocycles. The number of carbonyl (C=O) groups is 1. The molecule has 152 valence electrons. The minimum atomic E-state index is -4.97. The molecule has 0 radical (unpaired) electrons. The minimum absolute atomic E-state index is 0.0142. The van der Waals surface area contributed by atoms with Gasteiger partial charge in [0, 0.05) is 12.6 Å². The number of halogens is 6. The second-order valence-electron chi connectivity index (χ2n) is 6.15. The van der Waals surface area contributed by atoms with E-state index in [4.69, 9.17) is 5.73 Å². The van der Waals surface area contributed by atoms with Crippen molar-refractivity contribution in [2.75, 3.05) is 0 Å². The van der Waals surface area contributed by atoms with Crippen LogP contribution in [0.5, 0.6) is 0 Å². The molecule has 29 heavy (non-hydrogen) atoms. The second-order valence-corrected chi connectivity index (χ2v) is 6.15. The van der Waals surface area contributed by atoms with Gasteiger partial charge in [-0.3, -0.25) is 9.48 Å². The van der Waals surface area contributed by atoms with Crippen molar-refractivity contribution in [2.45, 2.75) is 12.4 Å². The fourth-order valence-corrected chi connectivity index (χ4v) is 3.15. The quantitative estimate of drug-likeness (QED) is 0.622. The number of primary amides is 1. The van der Waals surface area contributed by atoms with Crippen molar-refractivity contribution < 1.29 is 31.1 Å². The lowest BCUT2D eigenvalue weighted by Gasteiger charge is -2.16. The van der Waals surface area contributed by atoms with Crippen LogP contribution in [0.15, 0.2) is 48.5 Å². The number of alkyl halides is 6. The maximum atomic E-state index is 13.5. The molecule has 0 saturated heterocycles. The summed E-state index contributed by atoms with van der Waals surface area (Å²) in [7, 11) is 1.16. The highest BCUT2D eigenvalue weighted by atomic mass is 19.4. The largest absolute Gasteiger partial charge is 0.435 e. The molecule has 0 aliphatic carbocycles. The van der Waals surface area contributed by atoms with Gasteiger partial charge >= 0.3 is 12.4 Å². The van der Waals surface area contributed by atoms with Crippen molar-refractivity contribution in [3.63, 3.8) is 0 Å². The fraction of sp³-hybridized carbons (Fsp3) is 0.158. The van der Waals surface area contributed by atoms with Gasteiger partial charge in [0.15, 0.2) is 5.69 Å². The molecule has 0 bridgehead atoms. The lowest BCUT2D eigenvalue weighted by atomic mass is 9.92. The summed E-state index contributed by atoms with van der Waals surface area (Å²) >= 11 is 0. The predicted molar refractivity (Wildman–Crippen MR) is 92.6 cm³/mol. The van der Waals surface area contributed by atoms with Crippen LogP contribution in [0, 0.1) is 0 Å². The van der Waals surface area contributed by atoms with Crippen LogP contribution >= 0.6 is 0 Å². The van der Waals surface area contributed by atoms with Crippen LogP contribution in [0.25, 0.3) is 22.4 Å². The molecule has 0 aliphatic rings. The van der Waals surface area contributed by atoms with Gasteiger partial charge in [-0.2, -0.15) is 31.4 Å². The lowest BCUT2D eigenvalue weighted by molar-refractivity contribution is -0.141. The number of hydrogen-bond acceptors (Lipinski definition) is 2. The Bertz CT molecular complexity index is 1080. The molecule has 0 fully saturated rings. The van der Waals surface area contributed by atoms with E-state index in [9.17, 15) is 31.1 Å². The first-order chi connectivity index (χ1) is 13.4. The summed E-state index contributed by atoms with van der Waals surface area (Å²) in [6, 6.07) is 10.2. The van der Waals surface area contributed by atoms with Gasteiger partial charge in [0.1, 0.15) is 0 Å². The predicted octanol–water partition coefficient (Wildman–Crippen LogP) is 4.89. The van der Waals surface area contributed by atoms with Crippen molar-refractivity contribution in [3.8, 4) is 22.4 Å². The lowest BCUT2D eigenvalue weighted by Crippen LogP contribution is -2.18. The molecule has 0 saturated carbocycles. The smallest absolute Gasteiger partial charge is 0.365 e. The molecule has 3 rings (SSSR count). The van der Waals surface area contributed by atoms with Gasteiger partial charge in [-0.25, -0.2) is 0 Å². The van der Waals surface area contributed by atoms with Crippen molar-refractivity contribution in [1.82, 2.24) is 9.78 Å². The van der Waals surface area contributed by atoms with E-state index in [2.05, 4.69) is 5.10 Å². The van der Waals surface area contributed by atoms with Crippen LogP contribution in [0.2, 0.25) is 0 Å². The van der Waals surface area contributed by atoms with E-state index in [1.54, 1.807) is 0 Å². The number of carbonyl (C=O) groups excluding carboxylic acids is 1. The number of nitrogens with two attached hydrogens (primary N) is 1. The highest BCUT2D eigenvalue weighted by Gasteiger charge is 2.41. The third-order valence-corrected chi connectivity index (χ3v) is 4.27. The SMILES string of the molecule is Cn1nc(C(F)(F)F)c(C(N)=O)c1-c1ccccc1-c1ccccc1C(F)(F)F. The molecule has 10 heteroatoms. The Morgan fingerprint density at radius 3 is 1.90 bits per heavy atom. The summed E-state index contributed by atoms with van der Waals surface area (Å²) < 4.78 is 81.2. The molecule has 0 atom stereocenters. The van der Waals surface area contributed by atoms with E-state index in [-0.39, 0.29) is 22.4 Å². The highest BCUT2D eigenvalue weighted by Crippen LogP contribution is 2.43. The summed E-state index contributed by atoms with van der Waals surface area (Å²) in [5.41, 5.74) is 1.18. The van der Waals surface area contributed by atoms with Crippen LogP contribution < -0.4 is 5.73 Å². The molecule has 3 aromatic rings. The van der Waals surface area contributed by atoms with Gasteiger partial charge in [0.05, 0.1) is 16.8 Å². The third kappa shape index (κ3) is 3.69. The molecule has 2 N–H and O–H groups in total. The van der Waals surface area contributed by atoms with E-state index in [1.165, 1.54) is 42.5 Å². The van der Waals surface area contributed by atoms with Crippen molar-refractivity contribution in [1.29, 1.82) is 0 Å². The van der Waals surface area contributed by atoms with Crippen molar-refractivity contribution >= 4 is 5.91 Å². The van der Waals surface area contributed by atoms with Crippen molar-refractivity contribution in [3.05, 3.63) is 65.4 Å². The Balaban J connectivity index is 2.37. The maximum Gasteiger partial charge on any atom is 0.435 e. The Hall–Kier alpha value is -3.30. The van der Waals surface area contributed by atoms with Crippen LogP contribution in [0.3, 0.4) is 0 Å². The highest BCUT2D eigenvalue weighted by molar-refractivity contribution is 6.02. The van der Waals surface area contributed by atoms with E-state index < -0.39 is 35.1 Å². The zero-order valence-electron chi connectivity index (χ0n) is 14.8. The maximum absolute atomic E-state index is 13.5. The fourth-order valence-electron chi connectivity index (χ4n) is 3.15. The minimum Gasteiger partial charge on any atom is -0.365 e. The van der Waals surface area contributed by atoms with E-state index >= 15 is 0 Å². The van der Waals surface area contributed by atoms with Crippen LogP contribution in [0.4, 0.5) is 26.3 Å². The summed E-state index contributed by atoms with van der Waals surface area (Å²) in [6.45, 7) is 0. The average molecular weight is 413 g/mol. The van der Waals surface area contributed by atoms with Gasteiger partial charge in [0.2, 0.25) is 0 Å². The monoisotopic (exact) mass is 413 g/mol. The number of benzene rings is 2. The summed E-state index contributed by atoms with van der Waals surface area (Å²) in [5, 5.41) is 3.35. The molecule has 1 heterocycles. The van der Waals surface area contributed by atoms with Crippen LogP contribution in [-0.2, 0) is 19.4 Å². The van der Waals surface area contributed by atoms with Crippen molar-refractivity contribution in [2.24, 2.45) is 12.8 Å². The Kier molecular flexibility index (Phi) is 4.89. The van der Waals surface area contributed by atoms with Crippen LogP contribution in [-0.4, -0.2) is 15.7 Å². The number of rotatable bonds is 3. The molecule has 2 aromatic carbocycles. The summed E-state index contributed by atoms with van der Waals surface area (Å²) in [4.78, 5) is 11.8. The molecule has 4 nitrogen and oxygen atoms in total. The van der Waals surface area contributed by atoms with Crippen LogP contribution in [0.1, 0.15) is 21.6 Å². The molecule has 1 aromatic heterocycles. The van der Waals surface area contributed by atoms with Gasteiger partial charge in [-0.15, -0.1) is 0 Å². The molecule has 1 amide bonds. The molecule has 0 unspecified atom stereocenters. The van der Waals surface area contributed by atoms with Gasteiger partial charge in [0.25, 0.3) is 5.91 Å². The Morgan fingerprint density at radius 2 is 1.38 bits per heavy atom. The Morgan fingerprint density at radius 1 is 0.862 bits per heavy atom. The number of amides is 1. The first kappa shape index (κ1) is 20.4. The van der Waals surface area contributed by atoms with E-state index in [0.29, 0.717) is 0 Å². The topological polar surface area (TPSA) is 60.9 Å². The zero-order chi connectivity index (χ0) is 21.6. The van der Waals surface area contributed by atoms with Gasteiger partial charge < -0.3 is 5.73 Å². The third-order valence-electron chi connectivity index (χ3n) is 4.27. The molecular formula is C19H13F6N3O. The average Bonchev–Trinajstić information content (AvgIpc) is 2.99. The number of nitrogens with zero attached hydrogens (tertiary/aromatic N) is 2.